The van der Waals surface area contributed by atoms with Crippen molar-refractivity contribution in [3.8, 4) is 11.5 Å². The van der Waals surface area contributed by atoms with Crippen LogP contribution in [0.15, 0.2) is 36.4 Å². The molecule has 0 bridgehead atoms. The summed E-state index contributed by atoms with van der Waals surface area (Å²) in [4.78, 5) is 24.0. The Bertz CT molecular complexity index is 842. The molecular formula is C22H23FO4. The van der Waals surface area contributed by atoms with Crippen molar-refractivity contribution in [3.63, 3.8) is 0 Å². The Hall–Kier alpha value is -2.69. The maximum absolute atomic E-state index is 14.6. The number of hydrogen-bond donors (Lipinski definition) is 0. The van der Waals surface area contributed by atoms with Gasteiger partial charge >= 0.3 is 11.9 Å². The first-order valence-corrected chi connectivity index (χ1v) is 9.33. The molecule has 3 rings (SSSR count). The van der Waals surface area contributed by atoms with Crippen LogP contribution in [0.2, 0.25) is 0 Å². The summed E-state index contributed by atoms with van der Waals surface area (Å²) in [6, 6.07) is 10.2. The van der Waals surface area contributed by atoms with E-state index in [4.69, 9.17) is 9.47 Å². The van der Waals surface area contributed by atoms with E-state index in [-0.39, 0.29) is 17.4 Å². The quantitative estimate of drug-likeness (QED) is 0.413. The first-order chi connectivity index (χ1) is 13.0. The van der Waals surface area contributed by atoms with Gasteiger partial charge in [-0.15, -0.1) is 0 Å². The Labute approximate surface area is 158 Å². The average molecular weight is 370 g/mol. The number of aryl methyl sites for hydroxylation is 1. The third-order valence-electron chi connectivity index (χ3n) is 4.74. The highest BCUT2D eigenvalue weighted by molar-refractivity contribution is 5.91. The van der Waals surface area contributed by atoms with Crippen LogP contribution in [0.1, 0.15) is 54.6 Å². The van der Waals surface area contributed by atoms with Crippen LogP contribution in [0.5, 0.6) is 11.5 Å². The molecule has 0 saturated heterocycles. The Morgan fingerprint density at radius 1 is 1.19 bits per heavy atom. The van der Waals surface area contributed by atoms with Crippen molar-refractivity contribution < 1.29 is 23.5 Å². The van der Waals surface area contributed by atoms with Crippen LogP contribution in [0.3, 0.4) is 0 Å². The molecular weight excluding hydrogens is 347 g/mol. The molecule has 0 spiro atoms. The van der Waals surface area contributed by atoms with Gasteiger partial charge in [0.2, 0.25) is 5.82 Å². The maximum atomic E-state index is 14.6. The third kappa shape index (κ3) is 4.35. The number of esters is 2. The molecule has 1 heterocycles. The Morgan fingerprint density at radius 2 is 1.93 bits per heavy atom. The summed E-state index contributed by atoms with van der Waals surface area (Å²) in [5.41, 5.74) is 2.09. The number of unbranched alkanes of at least 4 members (excludes halogenated alkanes) is 2. The molecule has 2 aromatic rings. The number of carbonyl (C=O) groups excluding carboxylic acids is 2. The zero-order valence-corrected chi connectivity index (χ0v) is 15.6. The molecule has 1 atom stereocenters. The van der Waals surface area contributed by atoms with E-state index in [2.05, 4.69) is 6.92 Å². The molecule has 0 N–H and O–H groups in total. The Balaban J connectivity index is 1.71. The molecule has 0 aromatic heterocycles. The molecule has 0 aliphatic carbocycles. The fourth-order valence-corrected chi connectivity index (χ4v) is 3.09. The van der Waals surface area contributed by atoms with Gasteiger partial charge in [-0.25, -0.2) is 4.79 Å². The number of rotatable bonds is 6. The van der Waals surface area contributed by atoms with Crippen molar-refractivity contribution in [1.29, 1.82) is 0 Å². The second kappa shape index (κ2) is 8.33. The highest BCUT2D eigenvalue weighted by atomic mass is 19.1. The van der Waals surface area contributed by atoms with E-state index in [9.17, 15) is 14.0 Å². The Kier molecular flexibility index (Phi) is 5.89. The number of ether oxygens (including phenoxy) is 2. The highest BCUT2D eigenvalue weighted by Gasteiger charge is 2.29. The standard InChI is InChI=1S/C22H23FO4/c1-3-4-5-6-15-7-9-16(10-8-15)22(25)26-18-12-11-17-13-14(2)21(24)27-20(17)19(18)23/h7-12,14H,3-6,13H2,1-2H3. The molecule has 5 heteroatoms. The molecule has 4 nitrogen and oxygen atoms in total. The van der Waals surface area contributed by atoms with Crippen molar-refractivity contribution in [3.05, 3.63) is 58.9 Å². The molecule has 1 aliphatic rings. The minimum absolute atomic E-state index is 0.144. The lowest BCUT2D eigenvalue weighted by atomic mass is 9.97. The predicted octanol–water partition coefficient (Wildman–Crippen LogP) is 4.88. The minimum atomic E-state index is -0.822. The van der Waals surface area contributed by atoms with Crippen LogP contribution in [0.25, 0.3) is 0 Å². The van der Waals surface area contributed by atoms with E-state index < -0.39 is 17.8 Å². The van der Waals surface area contributed by atoms with Gasteiger partial charge in [-0.3, -0.25) is 4.79 Å². The lowest BCUT2D eigenvalue weighted by Crippen LogP contribution is -2.26. The number of halogens is 1. The highest BCUT2D eigenvalue weighted by Crippen LogP contribution is 2.35. The van der Waals surface area contributed by atoms with E-state index in [1.54, 1.807) is 25.1 Å². The van der Waals surface area contributed by atoms with Crippen LogP contribution in [0, 0.1) is 11.7 Å². The summed E-state index contributed by atoms with van der Waals surface area (Å²) in [6.45, 7) is 3.88. The van der Waals surface area contributed by atoms with Gasteiger partial charge in [0.25, 0.3) is 0 Å². The number of carbonyl (C=O) groups is 2. The summed E-state index contributed by atoms with van der Waals surface area (Å²) in [5, 5.41) is 0. The lowest BCUT2D eigenvalue weighted by Gasteiger charge is -2.21. The zero-order valence-electron chi connectivity index (χ0n) is 15.6. The lowest BCUT2D eigenvalue weighted by molar-refractivity contribution is -0.139. The molecule has 0 radical (unpaired) electrons. The molecule has 0 saturated carbocycles. The van der Waals surface area contributed by atoms with Crippen LogP contribution < -0.4 is 9.47 Å². The SMILES string of the molecule is CCCCCc1ccc(C(=O)Oc2ccc3c(c2F)OC(=O)C(C)C3)cc1. The Morgan fingerprint density at radius 3 is 2.63 bits per heavy atom. The number of fused-ring (bicyclic) bond motifs is 1. The smallest absolute Gasteiger partial charge is 0.343 e. The van der Waals surface area contributed by atoms with Gasteiger partial charge in [0.05, 0.1) is 11.5 Å². The summed E-state index contributed by atoms with van der Waals surface area (Å²) in [5.74, 6) is -2.66. The van der Waals surface area contributed by atoms with Crippen molar-refractivity contribution in [2.45, 2.75) is 46.0 Å². The fourth-order valence-electron chi connectivity index (χ4n) is 3.09. The van der Waals surface area contributed by atoms with Gasteiger partial charge in [0, 0.05) is 0 Å². The van der Waals surface area contributed by atoms with Crippen LogP contribution >= 0.6 is 0 Å². The number of hydrogen-bond acceptors (Lipinski definition) is 4. The van der Waals surface area contributed by atoms with Crippen LogP contribution in [0.4, 0.5) is 4.39 Å². The van der Waals surface area contributed by atoms with E-state index in [0.29, 0.717) is 17.5 Å². The van der Waals surface area contributed by atoms with E-state index in [1.807, 2.05) is 12.1 Å². The second-order valence-electron chi connectivity index (χ2n) is 6.94. The maximum Gasteiger partial charge on any atom is 0.343 e. The third-order valence-corrected chi connectivity index (χ3v) is 4.74. The van der Waals surface area contributed by atoms with Gasteiger partial charge in [-0.1, -0.05) is 44.9 Å². The second-order valence-corrected chi connectivity index (χ2v) is 6.94. The minimum Gasteiger partial charge on any atom is -0.423 e. The predicted molar refractivity (Wildman–Crippen MR) is 99.5 cm³/mol. The van der Waals surface area contributed by atoms with Crippen molar-refractivity contribution in [2.75, 3.05) is 0 Å². The first kappa shape index (κ1) is 19.1. The molecule has 0 amide bonds. The molecule has 1 unspecified atom stereocenters. The largest absolute Gasteiger partial charge is 0.423 e. The normalized spacial score (nSPS) is 15.8. The molecule has 2 aromatic carbocycles. The first-order valence-electron chi connectivity index (χ1n) is 9.33. The van der Waals surface area contributed by atoms with E-state index in [0.717, 1.165) is 24.8 Å². The fraction of sp³-hybridized carbons (Fsp3) is 0.364. The molecule has 27 heavy (non-hydrogen) atoms. The average Bonchev–Trinajstić information content (AvgIpc) is 2.66. The van der Waals surface area contributed by atoms with Crippen molar-refractivity contribution in [2.24, 2.45) is 5.92 Å². The van der Waals surface area contributed by atoms with Crippen LogP contribution in [-0.4, -0.2) is 11.9 Å². The van der Waals surface area contributed by atoms with E-state index in [1.165, 1.54) is 12.5 Å². The molecule has 142 valence electrons. The summed E-state index contributed by atoms with van der Waals surface area (Å²) in [6.07, 6.45) is 4.80. The number of benzene rings is 2. The monoisotopic (exact) mass is 370 g/mol. The van der Waals surface area contributed by atoms with Gasteiger partial charge in [0.1, 0.15) is 0 Å². The summed E-state index contributed by atoms with van der Waals surface area (Å²) < 4.78 is 24.9. The van der Waals surface area contributed by atoms with Gasteiger partial charge < -0.3 is 9.47 Å². The summed E-state index contributed by atoms with van der Waals surface area (Å²) >= 11 is 0. The van der Waals surface area contributed by atoms with Crippen molar-refractivity contribution >= 4 is 11.9 Å². The molecule has 1 aliphatic heterocycles. The van der Waals surface area contributed by atoms with Gasteiger partial charge in [0.15, 0.2) is 11.5 Å². The van der Waals surface area contributed by atoms with Gasteiger partial charge in [-0.2, -0.15) is 4.39 Å². The summed E-state index contributed by atoms with van der Waals surface area (Å²) in [7, 11) is 0. The van der Waals surface area contributed by atoms with E-state index >= 15 is 0 Å². The van der Waals surface area contributed by atoms with Crippen LogP contribution in [-0.2, 0) is 17.6 Å². The van der Waals surface area contributed by atoms with Crippen molar-refractivity contribution in [1.82, 2.24) is 0 Å². The topological polar surface area (TPSA) is 52.6 Å². The van der Waals surface area contributed by atoms with Gasteiger partial charge in [-0.05, 0) is 48.6 Å². The zero-order chi connectivity index (χ0) is 19.4. The molecule has 0 fully saturated rings.